The van der Waals surface area contributed by atoms with E-state index in [0.29, 0.717) is 0 Å². The molecule has 14 heavy (non-hydrogen) atoms. The van der Waals surface area contributed by atoms with E-state index in [4.69, 9.17) is 5.73 Å². The van der Waals surface area contributed by atoms with E-state index in [1.54, 1.807) is 29.9 Å². The van der Waals surface area contributed by atoms with Gasteiger partial charge in [0.2, 0.25) is 0 Å². The fourth-order valence-corrected chi connectivity index (χ4v) is 1.71. The van der Waals surface area contributed by atoms with Gasteiger partial charge in [-0.25, -0.2) is 0 Å². The predicted octanol–water partition coefficient (Wildman–Crippen LogP) is 1.99. The van der Waals surface area contributed by atoms with Crippen LogP contribution in [-0.2, 0) is 0 Å². The topological polar surface area (TPSA) is 51.8 Å². The van der Waals surface area contributed by atoms with Crippen LogP contribution in [0.5, 0.6) is 0 Å². The molecule has 2 aromatic heterocycles. The number of hydrogen-bond acceptors (Lipinski definition) is 4. The Hall–Kier alpha value is -1.68. The molecule has 0 aliphatic rings. The summed E-state index contributed by atoms with van der Waals surface area (Å²) in [4.78, 5) is 9.13. The SMILES string of the molecule is N/C(=C/c1cnccn1)c1cccs1. The van der Waals surface area contributed by atoms with Gasteiger partial charge in [-0.1, -0.05) is 6.07 Å². The van der Waals surface area contributed by atoms with E-state index < -0.39 is 0 Å². The summed E-state index contributed by atoms with van der Waals surface area (Å²) in [5.74, 6) is 0. The summed E-state index contributed by atoms with van der Waals surface area (Å²) in [5.41, 5.74) is 7.37. The van der Waals surface area contributed by atoms with Gasteiger partial charge in [-0.15, -0.1) is 11.3 Å². The molecule has 2 aromatic rings. The van der Waals surface area contributed by atoms with Crippen molar-refractivity contribution in [2.75, 3.05) is 0 Å². The van der Waals surface area contributed by atoms with Crippen LogP contribution in [0.2, 0.25) is 0 Å². The predicted molar refractivity (Wildman–Crippen MR) is 58.4 cm³/mol. The molecule has 0 saturated heterocycles. The number of nitrogens with two attached hydrogens (primary N) is 1. The molecule has 0 aliphatic carbocycles. The van der Waals surface area contributed by atoms with E-state index in [1.165, 1.54) is 0 Å². The molecule has 2 heterocycles. The summed E-state index contributed by atoms with van der Waals surface area (Å²) in [5, 5.41) is 1.99. The molecule has 0 radical (unpaired) electrons. The Balaban J connectivity index is 2.28. The van der Waals surface area contributed by atoms with Crippen molar-refractivity contribution in [3.05, 3.63) is 46.7 Å². The van der Waals surface area contributed by atoms with Crippen molar-refractivity contribution in [3.63, 3.8) is 0 Å². The summed E-state index contributed by atoms with van der Waals surface area (Å²) >= 11 is 1.61. The monoisotopic (exact) mass is 203 g/mol. The van der Waals surface area contributed by atoms with Crippen molar-refractivity contribution >= 4 is 23.1 Å². The van der Waals surface area contributed by atoms with E-state index in [9.17, 15) is 0 Å². The number of aromatic nitrogens is 2. The van der Waals surface area contributed by atoms with E-state index >= 15 is 0 Å². The molecule has 3 nitrogen and oxygen atoms in total. The maximum Gasteiger partial charge on any atom is 0.0833 e. The van der Waals surface area contributed by atoms with Gasteiger partial charge in [-0.2, -0.15) is 0 Å². The second-order valence-corrected chi connectivity index (χ2v) is 3.65. The first-order chi connectivity index (χ1) is 6.86. The first kappa shape index (κ1) is 8.90. The van der Waals surface area contributed by atoms with E-state index in [-0.39, 0.29) is 0 Å². The third-order valence-corrected chi connectivity index (χ3v) is 2.61. The van der Waals surface area contributed by atoms with E-state index in [2.05, 4.69) is 9.97 Å². The maximum atomic E-state index is 5.88. The molecular formula is C10H9N3S. The highest BCUT2D eigenvalue weighted by Gasteiger charge is 1.97. The minimum Gasteiger partial charge on any atom is -0.398 e. The molecule has 0 unspecified atom stereocenters. The normalized spacial score (nSPS) is 11.6. The number of nitrogens with zero attached hydrogens (tertiary/aromatic N) is 2. The van der Waals surface area contributed by atoms with Gasteiger partial charge >= 0.3 is 0 Å². The van der Waals surface area contributed by atoms with Crippen molar-refractivity contribution in [1.82, 2.24) is 9.97 Å². The summed E-state index contributed by atoms with van der Waals surface area (Å²) in [7, 11) is 0. The summed E-state index contributed by atoms with van der Waals surface area (Å²) in [6, 6.07) is 3.95. The highest BCUT2D eigenvalue weighted by Crippen LogP contribution is 2.17. The number of hydrogen-bond donors (Lipinski definition) is 1. The molecule has 0 saturated carbocycles. The van der Waals surface area contributed by atoms with Crippen LogP contribution in [0.1, 0.15) is 10.6 Å². The lowest BCUT2D eigenvalue weighted by Crippen LogP contribution is -1.93. The van der Waals surface area contributed by atoms with Gasteiger partial charge in [0.05, 0.1) is 22.5 Å². The van der Waals surface area contributed by atoms with Crippen LogP contribution in [0.15, 0.2) is 36.1 Å². The zero-order chi connectivity index (χ0) is 9.80. The minimum atomic E-state index is 0.723. The second kappa shape index (κ2) is 4.02. The average molecular weight is 203 g/mol. The van der Waals surface area contributed by atoms with E-state index in [0.717, 1.165) is 16.3 Å². The lowest BCUT2D eigenvalue weighted by Gasteiger charge is -1.96. The summed E-state index contributed by atoms with van der Waals surface area (Å²) < 4.78 is 0. The third kappa shape index (κ3) is 1.97. The highest BCUT2D eigenvalue weighted by atomic mass is 32.1. The number of thiophene rings is 1. The number of rotatable bonds is 2. The van der Waals surface area contributed by atoms with Crippen molar-refractivity contribution in [2.24, 2.45) is 5.73 Å². The van der Waals surface area contributed by atoms with Crippen LogP contribution in [0.3, 0.4) is 0 Å². The molecule has 2 N–H and O–H groups in total. The van der Waals surface area contributed by atoms with Crippen molar-refractivity contribution in [1.29, 1.82) is 0 Å². The molecule has 0 spiro atoms. The molecule has 0 aliphatic heterocycles. The standard InChI is InChI=1S/C10H9N3S/c11-9(10-2-1-5-14-10)6-8-7-12-3-4-13-8/h1-7H,11H2/b9-6+. The molecular weight excluding hydrogens is 194 g/mol. The van der Waals surface area contributed by atoms with Crippen LogP contribution in [0, 0.1) is 0 Å². The second-order valence-electron chi connectivity index (χ2n) is 2.71. The Morgan fingerprint density at radius 2 is 2.36 bits per heavy atom. The Bertz CT molecular complexity index is 420. The Labute approximate surface area is 85.9 Å². The molecule has 0 bridgehead atoms. The first-order valence-corrected chi connectivity index (χ1v) is 5.01. The molecule has 0 atom stereocenters. The van der Waals surface area contributed by atoms with Gasteiger partial charge < -0.3 is 5.73 Å². The maximum absolute atomic E-state index is 5.88. The largest absolute Gasteiger partial charge is 0.398 e. The van der Waals surface area contributed by atoms with Gasteiger partial charge in [-0.3, -0.25) is 9.97 Å². The van der Waals surface area contributed by atoms with Gasteiger partial charge in [0.1, 0.15) is 0 Å². The van der Waals surface area contributed by atoms with Crippen LogP contribution >= 0.6 is 11.3 Å². The van der Waals surface area contributed by atoms with E-state index in [1.807, 2.05) is 23.6 Å². The van der Waals surface area contributed by atoms with Crippen LogP contribution < -0.4 is 5.73 Å². The smallest absolute Gasteiger partial charge is 0.0833 e. The molecule has 0 aromatic carbocycles. The lowest BCUT2D eigenvalue weighted by atomic mass is 10.3. The Morgan fingerprint density at radius 1 is 1.43 bits per heavy atom. The van der Waals surface area contributed by atoms with Crippen LogP contribution in [-0.4, -0.2) is 9.97 Å². The average Bonchev–Trinajstić information content (AvgIpc) is 2.72. The summed E-state index contributed by atoms with van der Waals surface area (Å²) in [6.07, 6.45) is 6.78. The van der Waals surface area contributed by atoms with Crippen LogP contribution in [0.25, 0.3) is 11.8 Å². The Kier molecular flexibility index (Phi) is 2.55. The zero-order valence-electron chi connectivity index (χ0n) is 7.42. The molecule has 4 heteroatoms. The molecule has 2 rings (SSSR count). The zero-order valence-corrected chi connectivity index (χ0v) is 8.24. The summed E-state index contributed by atoms with van der Waals surface area (Å²) in [6.45, 7) is 0. The van der Waals surface area contributed by atoms with Gasteiger partial charge in [0.25, 0.3) is 0 Å². The van der Waals surface area contributed by atoms with Crippen LogP contribution in [0.4, 0.5) is 0 Å². The Morgan fingerprint density at radius 3 is 3.00 bits per heavy atom. The van der Waals surface area contributed by atoms with Crippen molar-refractivity contribution in [3.8, 4) is 0 Å². The van der Waals surface area contributed by atoms with Gasteiger partial charge in [0.15, 0.2) is 0 Å². The minimum absolute atomic E-state index is 0.723. The quantitative estimate of drug-likeness (QED) is 0.812. The molecule has 0 amide bonds. The first-order valence-electron chi connectivity index (χ1n) is 4.13. The molecule has 70 valence electrons. The van der Waals surface area contributed by atoms with Crippen molar-refractivity contribution < 1.29 is 0 Å². The lowest BCUT2D eigenvalue weighted by molar-refractivity contribution is 1.18. The van der Waals surface area contributed by atoms with Crippen molar-refractivity contribution in [2.45, 2.75) is 0 Å². The van der Waals surface area contributed by atoms with Gasteiger partial charge in [0, 0.05) is 12.4 Å². The fourth-order valence-electron chi connectivity index (χ4n) is 1.06. The molecule has 0 fully saturated rings. The fraction of sp³-hybridized carbons (Fsp3) is 0. The van der Waals surface area contributed by atoms with Gasteiger partial charge in [-0.05, 0) is 17.5 Å². The third-order valence-electron chi connectivity index (χ3n) is 1.69. The highest BCUT2D eigenvalue weighted by molar-refractivity contribution is 7.11.